The molecule has 3 nitrogen and oxygen atoms in total. The van der Waals surface area contributed by atoms with Crippen molar-refractivity contribution >= 4 is 12.0 Å². The predicted molar refractivity (Wildman–Crippen MR) is 86.3 cm³/mol. The molecule has 2 rings (SSSR count). The van der Waals surface area contributed by atoms with Gasteiger partial charge < -0.3 is 10.1 Å². The summed E-state index contributed by atoms with van der Waals surface area (Å²) in [6.45, 7) is 12.3. The zero-order valence-electron chi connectivity index (χ0n) is 13.4. The third-order valence-corrected chi connectivity index (χ3v) is 3.81. The number of benzene rings is 1. The van der Waals surface area contributed by atoms with Crippen LogP contribution in [0.2, 0.25) is 0 Å². The van der Waals surface area contributed by atoms with Gasteiger partial charge in [-0.15, -0.1) is 0 Å². The molecule has 0 radical (unpaired) electrons. The van der Waals surface area contributed by atoms with Crippen molar-refractivity contribution in [2.24, 2.45) is 0 Å². The zero-order valence-corrected chi connectivity index (χ0v) is 13.4. The number of ether oxygens (including phenoxy) is 1. The average molecular weight is 287 g/mol. The number of rotatable bonds is 3. The summed E-state index contributed by atoms with van der Waals surface area (Å²) in [6, 6.07) is 7.33. The first-order valence-electron chi connectivity index (χ1n) is 7.44. The lowest BCUT2D eigenvalue weighted by Crippen LogP contribution is -2.59. The van der Waals surface area contributed by atoms with Crippen LogP contribution in [0.3, 0.4) is 0 Å². The fourth-order valence-electron chi connectivity index (χ4n) is 3.29. The van der Waals surface area contributed by atoms with Crippen LogP contribution in [-0.2, 0) is 4.74 Å². The van der Waals surface area contributed by atoms with Gasteiger partial charge in [-0.3, -0.25) is 0 Å². The van der Waals surface area contributed by atoms with E-state index < -0.39 is 0 Å². The van der Waals surface area contributed by atoms with Crippen molar-refractivity contribution in [3.63, 3.8) is 0 Å². The fraction of sp³-hybridized carbons (Fsp3) is 0.500. The highest BCUT2D eigenvalue weighted by Gasteiger charge is 2.39. The summed E-state index contributed by atoms with van der Waals surface area (Å²) in [5.41, 5.74) is 1.53. The van der Waals surface area contributed by atoms with Crippen molar-refractivity contribution in [1.29, 1.82) is 0 Å². The van der Waals surface area contributed by atoms with Crippen molar-refractivity contribution in [1.82, 2.24) is 5.32 Å². The van der Waals surface area contributed by atoms with Crippen LogP contribution in [0.5, 0.6) is 0 Å². The largest absolute Gasteiger partial charge is 0.459 e. The molecule has 0 atom stereocenters. The van der Waals surface area contributed by atoms with Crippen molar-refractivity contribution in [3.05, 3.63) is 42.0 Å². The molecule has 0 unspecified atom stereocenters. The van der Waals surface area contributed by atoms with Crippen molar-refractivity contribution in [3.8, 4) is 0 Å². The van der Waals surface area contributed by atoms with Gasteiger partial charge in [0.05, 0.1) is 5.56 Å². The summed E-state index contributed by atoms with van der Waals surface area (Å²) in [7, 11) is 0. The lowest BCUT2D eigenvalue weighted by atomic mass is 9.81. The number of esters is 1. The molecule has 0 spiro atoms. The molecule has 1 N–H and O–H groups in total. The number of piperidine rings is 1. The molecule has 0 aliphatic carbocycles. The standard InChI is InChI=1S/C18H25NO2/c1-6-13-7-9-14(10-8-13)16(20)21-15-11-17(2,3)19-18(4,5)12-15/h6-10,15,19H,1,11-12H2,2-5H3. The second kappa shape index (κ2) is 5.64. The predicted octanol–water partition coefficient (Wildman–Crippen LogP) is 3.80. The van der Waals surface area contributed by atoms with Crippen LogP contribution in [0.25, 0.3) is 6.08 Å². The molecule has 114 valence electrons. The summed E-state index contributed by atoms with van der Waals surface area (Å²) >= 11 is 0. The maximum absolute atomic E-state index is 12.3. The number of nitrogens with one attached hydrogen (secondary N) is 1. The number of carbonyl (C=O) groups is 1. The maximum Gasteiger partial charge on any atom is 0.338 e. The third kappa shape index (κ3) is 4.18. The zero-order chi connectivity index (χ0) is 15.7. The van der Waals surface area contributed by atoms with Gasteiger partial charge in [-0.25, -0.2) is 4.79 Å². The van der Waals surface area contributed by atoms with Crippen LogP contribution in [-0.4, -0.2) is 23.2 Å². The molecule has 1 fully saturated rings. The van der Waals surface area contributed by atoms with E-state index in [2.05, 4.69) is 39.6 Å². The van der Waals surface area contributed by atoms with E-state index in [1.807, 2.05) is 12.1 Å². The van der Waals surface area contributed by atoms with Crippen LogP contribution in [0.1, 0.15) is 56.5 Å². The van der Waals surface area contributed by atoms with Crippen molar-refractivity contribution < 1.29 is 9.53 Å². The highest BCUT2D eigenvalue weighted by Crippen LogP contribution is 2.30. The molecule has 1 saturated heterocycles. The molecule has 1 aliphatic heterocycles. The van der Waals surface area contributed by atoms with Gasteiger partial charge >= 0.3 is 5.97 Å². The first kappa shape index (κ1) is 15.8. The molecule has 1 aromatic rings. The van der Waals surface area contributed by atoms with Crippen molar-refractivity contribution in [2.45, 2.75) is 57.7 Å². The Hall–Kier alpha value is -1.61. The third-order valence-electron chi connectivity index (χ3n) is 3.81. The molecule has 21 heavy (non-hydrogen) atoms. The lowest BCUT2D eigenvalue weighted by molar-refractivity contribution is -0.00637. The normalized spacial score (nSPS) is 20.8. The lowest BCUT2D eigenvalue weighted by Gasteiger charge is -2.45. The maximum atomic E-state index is 12.3. The minimum Gasteiger partial charge on any atom is -0.459 e. The summed E-state index contributed by atoms with van der Waals surface area (Å²) in [5.74, 6) is -0.246. The molecule has 1 aromatic carbocycles. The molecule has 1 aliphatic rings. The Balaban J connectivity index is 2.06. The van der Waals surface area contributed by atoms with E-state index in [-0.39, 0.29) is 23.2 Å². The minimum atomic E-state index is -0.246. The highest BCUT2D eigenvalue weighted by molar-refractivity contribution is 5.89. The van der Waals surface area contributed by atoms with Gasteiger partial charge in [0.1, 0.15) is 6.10 Å². The first-order chi connectivity index (χ1) is 9.71. The molecule has 0 bridgehead atoms. The molecule has 3 heteroatoms. The topological polar surface area (TPSA) is 38.3 Å². The van der Waals surface area contributed by atoms with Crippen LogP contribution in [0, 0.1) is 0 Å². The fourth-order valence-corrected chi connectivity index (χ4v) is 3.29. The quantitative estimate of drug-likeness (QED) is 0.859. The molecule has 1 heterocycles. The molecule has 0 saturated carbocycles. The monoisotopic (exact) mass is 287 g/mol. The Kier molecular flexibility index (Phi) is 4.24. The van der Waals surface area contributed by atoms with Gasteiger partial charge in [-0.2, -0.15) is 0 Å². The van der Waals surface area contributed by atoms with Gasteiger partial charge in [0.25, 0.3) is 0 Å². The SMILES string of the molecule is C=Cc1ccc(C(=O)OC2CC(C)(C)NC(C)(C)C2)cc1. The Labute approximate surface area is 127 Å². The molecular formula is C18H25NO2. The van der Waals surface area contributed by atoms with Crippen molar-refractivity contribution in [2.75, 3.05) is 0 Å². The van der Waals surface area contributed by atoms with Gasteiger partial charge in [0.2, 0.25) is 0 Å². The van der Waals surface area contributed by atoms with Gasteiger partial charge in [-0.05, 0) is 45.4 Å². The second-order valence-corrected chi connectivity index (χ2v) is 7.15. The Morgan fingerprint density at radius 1 is 1.19 bits per heavy atom. The second-order valence-electron chi connectivity index (χ2n) is 7.15. The van der Waals surface area contributed by atoms with E-state index >= 15 is 0 Å². The Bertz CT molecular complexity index is 513. The van der Waals surface area contributed by atoms with E-state index in [0.29, 0.717) is 5.56 Å². The molecule has 0 aromatic heterocycles. The number of hydrogen-bond donors (Lipinski definition) is 1. The van der Waals surface area contributed by atoms with E-state index in [1.165, 1.54) is 0 Å². The molecular weight excluding hydrogens is 262 g/mol. The molecule has 0 amide bonds. The van der Waals surface area contributed by atoms with Crippen LogP contribution in [0.15, 0.2) is 30.8 Å². The van der Waals surface area contributed by atoms with E-state index in [1.54, 1.807) is 18.2 Å². The van der Waals surface area contributed by atoms with Gasteiger partial charge in [-0.1, -0.05) is 24.8 Å². The van der Waals surface area contributed by atoms with Crippen LogP contribution >= 0.6 is 0 Å². The van der Waals surface area contributed by atoms with Gasteiger partial charge in [0, 0.05) is 23.9 Å². The van der Waals surface area contributed by atoms with Crippen LogP contribution < -0.4 is 5.32 Å². The summed E-state index contributed by atoms with van der Waals surface area (Å²) in [4.78, 5) is 12.3. The summed E-state index contributed by atoms with van der Waals surface area (Å²) in [6.07, 6.45) is 3.36. The van der Waals surface area contributed by atoms with E-state index in [9.17, 15) is 4.79 Å². The summed E-state index contributed by atoms with van der Waals surface area (Å²) in [5, 5.41) is 3.59. The van der Waals surface area contributed by atoms with Crippen LogP contribution in [0.4, 0.5) is 0 Å². The van der Waals surface area contributed by atoms with Gasteiger partial charge in [0.15, 0.2) is 0 Å². The smallest absolute Gasteiger partial charge is 0.338 e. The number of carbonyl (C=O) groups excluding carboxylic acids is 1. The van der Waals surface area contributed by atoms with E-state index in [0.717, 1.165) is 18.4 Å². The number of hydrogen-bond acceptors (Lipinski definition) is 3. The average Bonchev–Trinajstić information content (AvgIpc) is 2.35. The summed E-state index contributed by atoms with van der Waals surface area (Å²) < 4.78 is 5.72. The minimum absolute atomic E-state index is 0.0284. The first-order valence-corrected chi connectivity index (χ1v) is 7.44. The Morgan fingerprint density at radius 2 is 1.71 bits per heavy atom. The Morgan fingerprint density at radius 3 is 2.19 bits per heavy atom. The van der Waals surface area contributed by atoms with E-state index in [4.69, 9.17) is 4.74 Å². The highest BCUT2D eigenvalue weighted by atomic mass is 16.5.